The van der Waals surface area contributed by atoms with E-state index < -0.39 is 11.9 Å². The standard InChI is InChI=1S/C28H26FN7O3/c1-17(28(37)36-8-10-38-11-9-36)39-24-13-18(19-14-33-35(2)15-19)12-23-25(24)27(32-16-31-23)34-22-6-5-21-20(26(22)29)4-3-7-30-21/h3-7,12-17H,8-11H2,1-2H3,(H,31,32,34)/t17-/m1/s1. The van der Waals surface area contributed by atoms with Gasteiger partial charge in [0.1, 0.15) is 17.9 Å². The molecule has 11 heteroatoms. The fourth-order valence-corrected chi connectivity index (χ4v) is 4.70. The second-order valence-electron chi connectivity index (χ2n) is 9.31. The van der Waals surface area contributed by atoms with E-state index >= 15 is 4.39 Å². The van der Waals surface area contributed by atoms with Crippen LogP contribution in [0.1, 0.15) is 6.92 Å². The van der Waals surface area contributed by atoms with Crippen LogP contribution in [0.5, 0.6) is 5.75 Å². The summed E-state index contributed by atoms with van der Waals surface area (Å²) in [5.74, 6) is 0.155. The van der Waals surface area contributed by atoms with E-state index in [0.29, 0.717) is 59.7 Å². The molecule has 0 bridgehead atoms. The Morgan fingerprint density at radius 1 is 1.10 bits per heavy atom. The number of anilines is 2. The number of rotatable bonds is 6. The van der Waals surface area contributed by atoms with Crippen molar-refractivity contribution in [2.75, 3.05) is 31.6 Å². The van der Waals surface area contributed by atoms with Gasteiger partial charge in [-0.05, 0) is 48.9 Å². The van der Waals surface area contributed by atoms with Gasteiger partial charge in [-0.25, -0.2) is 14.4 Å². The molecule has 0 spiro atoms. The Labute approximate surface area is 223 Å². The van der Waals surface area contributed by atoms with E-state index in [1.807, 2.05) is 25.4 Å². The topological polar surface area (TPSA) is 107 Å². The van der Waals surface area contributed by atoms with E-state index in [0.717, 1.165) is 11.1 Å². The number of morpholine rings is 1. The number of ether oxygens (including phenoxy) is 2. The zero-order chi connectivity index (χ0) is 26.9. The smallest absolute Gasteiger partial charge is 0.263 e. The average molecular weight is 528 g/mol. The first-order valence-corrected chi connectivity index (χ1v) is 12.6. The van der Waals surface area contributed by atoms with E-state index in [9.17, 15) is 4.79 Å². The Morgan fingerprint density at radius 3 is 2.74 bits per heavy atom. The molecule has 1 saturated heterocycles. The minimum atomic E-state index is -0.785. The van der Waals surface area contributed by atoms with Crippen LogP contribution in [-0.4, -0.2) is 67.9 Å². The van der Waals surface area contributed by atoms with Crippen LogP contribution in [-0.2, 0) is 16.6 Å². The Kier molecular flexibility index (Phi) is 6.49. The molecular weight excluding hydrogens is 501 g/mol. The van der Waals surface area contributed by atoms with Gasteiger partial charge in [-0.1, -0.05) is 0 Å². The summed E-state index contributed by atoms with van der Waals surface area (Å²) >= 11 is 0. The molecule has 2 aromatic carbocycles. The maximum atomic E-state index is 15.4. The number of hydrogen-bond donors (Lipinski definition) is 1. The summed E-state index contributed by atoms with van der Waals surface area (Å²) in [5.41, 5.74) is 3.02. The van der Waals surface area contributed by atoms with Gasteiger partial charge in [0.2, 0.25) is 0 Å². The third kappa shape index (κ3) is 4.84. The summed E-state index contributed by atoms with van der Waals surface area (Å²) in [4.78, 5) is 28.0. The predicted octanol–water partition coefficient (Wildman–Crippen LogP) is 4.09. The molecule has 10 nitrogen and oxygen atoms in total. The predicted molar refractivity (Wildman–Crippen MR) is 144 cm³/mol. The number of benzene rings is 2. The second-order valence-corrected chi connectivity index (χ2v) is 9.31. The number of hydrogen-bond acceptors (Lipinski definition) is 8. The van der Waals surface area contributed by atoms with Crippen LogP contribution in [0.3, 0.4) is 0 Å². The highest BCUT2D eigenvalue weighted by Crippen LogP contribution is 2.37. The molecule has 1 aliphatic heterocycles. The second kappa shape index (κ2) is 10.3. The number of aryl methyl sites for hydroxylation is 1. The minimum absolute atomic E-state index is 0.141. The van der Waals surface area contributed by atoms with Gasteiger partial charge in [0.25, 0.3) is 5.91 Å². The fraction of sp³-hybridized carbons (Fsp3) is 0.250. The molecule has 0 saturated carbocycles. The molecule has 6 rings (SSSR count). The molecule has 1 amide bonds. The quantitative estimate of drug-likeness (QED) is 0.352. The van der Waals surface area contributed by atoms with E-state index in [1.54, 1.807) is 53.2 Å². The van der Waals surface area contributed by atoms with Crippen LogP contribution in [0.25, 0.3) is 32.9 Å². The van der Waals surface area contributed by atoms with Crippen LogP contribution < -0.4 is 10.1 Å². The van der Waals surface area contributed by atoms with E-state index in [2.05, 4.69) is 25.4 Å². The van der Waals surface area contributed by atoms with E-state index in [-0.39, 0.29) is 11.6 Å². The number of aromatic nitrogens is 5. The summed E-state index contributed by atoms with van der Waals surface area (Å²) in [5, 5.41) is 8.30. The molecule has 1 fully saturated rings. The first-order chi connectivity index (χ1) is 19.0. The van der Waals surface area contributed by atoms with Crippen LogP contribution in [0.15, 0.2) is 61.3 Å². The van der Waals surface area contributed by atoms with Gasteiger partial charge in [-0.15, -0.1) is 0 Å². The molecule has 198 valence electrons. The lowest BCUT2D eigenvalue weighted by molar-refractivity contribution is -0.142. The van der Waals surface area contributed by atoms with Crippen LogP contribution in [0.2, 0.25) is 0 Å². The van der Waals surface area contributed by atoms with Crippen molar-refractivity contribution < 1.29 is 18.7 Å². The Morgan fingerprint density at radius 2 is 1.95 bits per heavy atom. The van der Waals surface area contributed by atoms with E-state index in [4.69, 9.17) is 9.47 Å². The van der Waals surface area contributed by atoms with Crippen molar-refractivity contribution in [3.05, 3.63) is 67.1 Å². The summed E-state index contributed by atoms with van der Waals surface area (Å²) in [7, 11) is 1.84. The molecule has 0 aliphatic carbocycles. The first-order valence-electron chi connectivity index (χ1n) is 12.6. The Balaban J connectivity index is 1.43. The number of pyridine rings is 1. The lowest BCUT2D eigenvalue weighted by atomic mass is 10.1. The number of nitrogens with zero attached hydrogens (tertiary/aromatic N) is 6. The largest absolute Gasteiger partial charge is 0.480 e. The van der Waals surface area contributed by atoms with Gasteiger partial charge in [0.15, 0.2) is 11.9 Å². The summed E-state index contributed by atoms with van der Waals surface area (Å²) in [6, 6.07) is 10.4. The van der Waals surface area contributed by atoms with Crippen LogP contribution in [0, 0.1) is 5.82 Å². The lowest BCUT2D eigenvalue weighted by Crippen LogP contribution is -2.46. The SMILES string of the molecule is C[C@@H](Oc1cc(-c2cnn(C)c2)cc2ncnc(Nc3ccc4ncccc4c3F)c12)C(=O)N1CCOCC1. The normalized spacial score (nSPS) is 14.5. The number of carbonyl (C=O) groups excluding carboxylic acids is 1. The third-order valence-corrected chi connectivity index (χ3v) is 6.69. The van der Waals surface area contributed by atoms with Crippen molar-refractivity contribution in [2.45, 2.75) is 13.0 Å². The maximum Gasteiger partial charge on any atom is 0.263 e. The monoisotopic (exact) mass is 527 g/mol. The molecule has 0 unspecified atom stereocenters. The summed E-state index contributed by atoms with van der Waals surface area (Å²) in [6.07, 6.45) is 5.87. The molecule has 1 aliphatic rings. The highest BCUT2D eigenvalue weighted by Gasteiger charge is 2.26. The highest BCUT2D eigenvalue weighted by atomic mass is 19.1. The first kappa shape index (κ1) is 24.7. The van der Waals surface area contributed by atoms with Gasteiger partial charge >= 0.3 is 0 Å². The van der Waals surface area contributed by atoms with E-state index in [1.165, 1.54) is 6.33 Å². The van der Waals surface area contributed by atoms with Gasteiger partial charge in [0.05, 0.1) is 41.5 Å². The van der Waals surface area contributed by atoms with Crippen molar-refractivity contribution in [3.63, 3.8) is 0 Å². The molecule has 0 radical (unpaired) electrons. The number of amides is 1. The highest BCUT2D eigenvalue weighted by molar-refractivity contribution is 5.99. The van der Waals surface area contributed by atoms with Crippen molar-refractivity contribution in [2.24, 2.45) is 7.05 Å². The van der Waals surface area contributed by atoms with Crippen LogP contribution >= 0.6 is 0 Å². The zero-order valence-corrected chi connectivity index (χ0v) is 21.5. The average Bonchev–Trinajstić information content (AvgIpc) is 3.41. The Bertz CT molecular complexity index is 1680. The molecule has 4 heterocycles. The van der Waals surface area contributed by atoms with Gasteiger partial charge in [-0.3, -0.25) is 14.5 Å². The fourth-order valence-electron chi connectivity index (χ4n) is 4.70. The molecule has 39 heavy (non-hydrogen) atoms. The minimum Gasteiger partial charge on any atom is -0.480 e. The molecule has 3 aromatic heterocycles. The van der Waals surface area contributed by atoms with Crippen molar-refractivity contribution in [1.29, 1.82) is 0 Å². The van der Waals surface area contributed by atoms with Gasteiger partial charge in [-0.2, -0.15) is 5.10 Å². The number of nitrogens with one attached hydrogen (secondary N) is 1. The molecule has 1 N–H and O–H groups in total. The summed E-state index contributed by atoms with van der Waals surface area (Å²) < 4.78 is 28.8. The Hall–Kier alpha value is -4.64. The number of halogens is 1. The van der Waals surface area contributed by atoms with Crippen LogP contribution in [0.4, 0.5) is 15.9 Å². The van der Waals surface area contributed by atoms with Crippen molar-refractivity contribution >= 4 is 39.2 Å². The number of fused-ring (bicyclic) bond motifs is 2. The third-order valence-electron chi connectivity index (χ3n) is 6.69. The van der Waals surface area contributed by atoms with Crippen molar-refractivity contribution in [3.8, 4) is 16.9 Å². The lowest BCUT2D eigenvalue weighted by Gasteiger charge is -2.29. The van der Waals surface area contributed by atoms with Gasteiger partial charge in [0, 0.05) is 43.5 Å². The van der Waals surface area contributed by atoms with Gasteiger partial charge < -0.3 is 19.7 Å². The molecular formula is C28H26FN7O3. The van der Waals surface area contributed by atoms with Crippen molar-refractivity contribution in [1.82, 2.24) is 29.6 Å². The summed E-state index contributed by atoms with van der Waals surface area (Å²) in [6.45, 7) is 3.72. The molecule has 5 aromatic rings. The number of carbonyl (C=O) groups is 1. The zero-order valence-electron chi connectivity index (χ0n) is 21.5. The maximum absolute atomic E-state index is 15.4. The molecule has 1 atom stereocenters.